The summed E-state index contributed by atoms with van der Waals surface area (Å²) in [5.74, 6) is 0.380. The van der Waals surface area contributed by atoms with E-state index in [1.165, 1.54) is 23.9 Å². The predicted molar refractivity (Wildman–Crippen MR) is 72.3 cm³/mol. The molecule has 0 amide bonds. The fourth-order valence-corrected chi connectivity index (χ4v) is 2.27. The second-order valence-corrected chi connectivity index (χ2v) is 4.96. The molecule has 0 aliphatic carbocycles. The SMILES string of the molecule is COc1cc(C(F)(F)F)c(-c2cc(N)n(C)n2)cc1Br. The third-order valence-electron chi connectivity index (χ3n) is 2.79. The van der Waals surface area contributed by atoms with Crippen LogP contribution in [0.2, 0.25) is 0 Å². The molecule has 1 heterocycles. The predicted octanol–water partition coefficient (Wildman–Crippen LogP) is 3.46. The summed E-state index contributed by atoms with van der Waals surface area (Å²) < 4.78 is 46.1. The number of rotatable bonds is 2. The van der Waals surface area contributed by atoms with Crippen molar-refractivity contribution < 1.29 is 17.9 Å². The van der Waals surface area contributed by atoms with Gasteiger partial charge in [-0.05, 0) is 28.1 Å². The fraction of sp³-hybridized carbons (Fsp3) is 0.250. The Bertz CT molecular complexity index is 633. The molecule has 0 saturated heterocycles. The van der Waals surface area contributed by atoms with Gasteiger partial charge in [0.2, 0.25) is 0 Å². The molecule has 2 N–H and O–H groups in total. The van der Waals surface area contributed by atoms with Crippen LogP contribution in [0.25, 0.3) is 11.3 Å². The molecular weight excluding hydrogens is 339 g/mol. The smallest absolute Gasteiger partial charge is 0.417 e. The number of aryl methyl sites for hydroxylation is 1. The van der Waals surface area contributed by atoms with Gasteiger partial charge in [-0.2, -0.15) is 18.3 Å². The highest BCUT2D eigenvalue weighted by Gasteiger charge is 2.35. The molecule has 8 heteroatoms. The van der Waals surface area contributed by atoms with Gasteiger partial charge in [-0.3, -0.25) is 4.68 Å². The number of methoxy groups -OCH3 is 1. The van der Waals surface area contributed by atoms with Gasteiger partial charge in [-0.1, -0.05) is 0 Å². The van der Waals surface area contributed by atoms with Crippen molar-refractivity contribution in [2.45, 2.75) is 6.18 Å². The molecule has 4 nitrogen and oxygen atoms in total. The zero-order valence-electron chi connectivity index (χ0n) is 10.6. The first kappa shape index (κ1) is 14.7. The maximum absolute atomic E-state index is 13.2. The molecular formula is C12H11BrF3N3O. The van der Waals surface area contributed by atoms with Crippen LogP contribution in [-0.4, -0.2) is 16.9 Å². The van der Waals surface area contributed by atoms with E-state index in [2.05, 4.69) is 21.0 Å². The number of ether oxygens (including phenoxy) is 1. The molecule has 0 unspecified atom stereocenters. The van der Waals surface area contributed by atoms with E-state index in [1.54, 1.807) is 7.05 Å². The number of alkyl halides is 3. The Morgan fingerprint density at radius 1 is 1.30 bits per heavy atom. The molecule has 0 aliphatic rings. The molecule has 2 rings (SSSR count). The molecule has 2 aromatic rings. The van der Waals surface area contributed by atoms with E-state index in [9.17, 15) is 13.2 Å². The number of nitrogens with zero attached hydrogens (tertiary/aromatic N) is 2. The van der Waals surface area contributed by atoms with Crippen molar-refractivity contribution in [1.82, 2.24) is 9.78 Å². The number of benzene rings is 1. The van der Waals surface area contributed by atoms with Crippen LogP contribution in [0.4, 0.5) is 19.0 Å². The van der Waals surface area contributed by atoms with Crippen molar-refractivity contribution in [3.8, 4) is 17.0 Å². The first-order chi connectivity index (χ1) is 9.24. The van der Waals surface area contributed by atoms with E-state index in [0.717, 1.165) is 6.07 Å². The van der Waals surface area contributed by atoms with Gasteiger partial charge >= 0.3 is 6.18 Å². The number of nitrogens with two attached hydrogens (primary N) is 1. The monoisotopic (exact) mass is 349 g/mol. The van der Waals surface area contributed by atoms with E-state index in [1.807, 2.05) is 0 Å². The molecule has 1 aromatic heterocycles. The van der Waals surface area contributed by atoms with Crippen LogP contribution < -0.4 is 10.5 Å². The van der Waals surface area contributed by atoms with Crippen molar-refractivity contribution in [3.05, 3.63) is 28.2 Å². The molecule has 0 fully saturated rings. The molecule has 0 spiro atoms. The Balaban J connectivity index is 2.71. The number of aromatic nitrogens is 2. The summed E-state index contributed by atoms with van der Waals surface area (Å²) in [6.45, 7) is 0. The summed E-state index contributed by atoms with van der Waals surface area (Å²) in [5.41, 5.74) is 4.89. The third kappa shape index (κ3) is 2.60. The Morgan fingerprint density at radius 2 is 1.95 bits per heavy atom. The van der Waals surface area contributed by atoms with Gasteiger partial charge in [-0.15, -0.1) is 0 Å². The second kappa shape index (κ2) is 5.01. The molecule has 0 atom stereocenters. The van der Waals surface area contributed by atoms with Crippen molar-refractivity contribution >= 4 is 21.7 Å². The average molecular weight is 350 g/mol. The first-order valence-corrected chi connectivity index (χ1v) is 6.28. The maximum Gasteiger partial charge on any atom is 0.417 e. The Morgan fingerprint density at radius 3 is 2.40 bits per heavy atom. The minimum atomic E-state index is -4.52. The van der Waals surface area contributed by atoms with Crippen LogP contribution in [-0.2, 0) is 13.2 Å². The van der Waals surface area contributed by atoms with Crippen molar-refractivity contribution in [2.24, 2.45) is 7.05 Å². The molecule has 0 saturated carbocycles. The molecule has 0 radical (unpaired) electrons. The lowest BCUT2D eigenvalue weighted by molar-refractivity contribution is -0.137. The van der Waals surface area contributed by atoms with E-state index in [-0.39, 0.29) is 22.8 Å². The maximum atomic E-state index is 13.2. The van der Waals surface area contributed by atoms with Gasteiger partial charge in [0.15, 0.2) is 0 Å². The van der Waals surface area contributed by atoms with Crippen LogP contribution in [0.15, 0.2) is 22.7 Å². The summed E-state index contributed by atoms with van der Waals surface area (Å²) in [6.07, 6.45) is -4.52. The summed E-state index contributed by atoms with van der Waals surface area (Å²) >= 11 is 3.17. The van der Waals surface area contributed by atoms with Crippen LogP contribution in [0.3, 0.4) is 0 Å². The molecule has 20 heavy (non-hydrogen) atoms. The fourth-order valence-electron chi connectivity index (χ4n) is 1.77. The first-order valence-electron chi connectivity index (χ1n) is 5.48. The number of hydrogen-bond acceptors (Lipinski definition) is 3. The lowest BCUT2D eigenvalue weighted by Crippen LogP contribution is -2.08. The van der Waals surface area contributed by atoms with Crippen molar-refractivity contribution in [2.75, 3.05) is 12.8 Å². The molecule has 0 bridgehead atoms. The van der Waals surface area contributed by atoms with Gasteiger partial charge in [0.05, 0.1) is 22.8 Å². The van der Waals surface area contributed by atoms with Gasteiger partial charge in [0.1, 0.15) is 11.6 Å². The van der Waals surface area contributed by atoms with Crippen LogP contribution in [0.1, 0.15) is 5.56 Å². The zero-order chi connectivity index (χ0) is 15.1. The number of halogens is 4. The number of hydrogen-bond donors (Lipinski definition) is 1. The average Bonchev–Trinajstić information content (AvgIpc) is 2.67. The summed E-state index contributed by atoms with van der Waals surface area (Å²) in [4.78, 5) is 0. The summed E-state index contributed by atoms with van der Waals surface area (Å²) in [6, 6.07) is 3.65. The third-order valence-corrected chi connectivity index (χ3v) is 3.41. The van der Waals surface area contributed by atoms with Crippen LogP contribution >= 0.6 is 15.9 Å². The highest BCUT2D eigenvalue weighted by Crippen LogP contribution is 2.42. The van der Waals surface area contributed by atoms with E-state index >= 15 is 0 Å². The van der Waals surface area contributed by atoms with E-state index in [0.29, 0.717) is 4.47 Å². The topological polar surface area (TPSA) is 53.1 Å². The summed E-state index contributed by atoms with van der Waals surface area (Å²) in [5, 5.41) is 3.98. The molecule has 108 valence electrons. The van der Waals surface area contributed by atoms with Gasteiger partial charge in [-0.25, -0.2) is 0 Å². The number of nitrogen functional groups attached to an aromatic ring is 1. The van der Waals surface area contributed by atoms with Gasteiger partial charge in [0, 0.05) is 18.7 Å². The van der Waals surface area contributed by atoms with E-state index in [4.69, 9.17) is 10.5 Å². The van der Waals surface area contributed by atoms with E-state index < -0.39 is 11.7 Å². The Hall–Kier alpha value is -1.70. The highest BCUT2D eigenvalue weighted by molar-refractivity contribution is 9.10. The Labute approximate surface area is 121 Å². The summed E-state index contributed by atoms with van der Waals surface area (Å²) in [7, 11) is 2.86. The zero-order valence-corrected chi connectivity index (χ0v) is 12.2. The lowest BCUT2D eigenvalue weighted by atomic mass is 10.0. The molecule has 0 aliphatic heterocycles. The normalized spacial score (nSPS) is 11.7. The Kier molecular flexibility index (Phi) is 3.68. The highest BCUT2D eigenvalue weighted by atomic mass is 79.9. The van der Waals surface area contributed by atoms with Crippen LogP contribution in [0.5, 0.6) is 5.75 Å². The quantitative estimate of drug-likeness (QED) is 0.903. The standard InChI is InChI=1S/C12H11BrF3N3O/c1-19-11(17)5-9(18-19)6-3-8(13)10(20-2)4-7(6)12(14,15)16/h3-5H,17H2,1-2H3. The minimum absolute atomic E-state index is 0.0579. The van der Waals surface area contributed by atoms with Gasteiger partial charge < -0.3 is 10.5 Å². The van der Waals surface area contributed by atoms with Crippen molar-refractivity contribution in [1.29, 1.82) is 0 Å². The minimum Gasteiger partial charge on any atom is -0.496 e. The van der Waals surface area contributed by atoms with Crippen LogP contribution in [0, 0.1) is 0 Å². The lowest BCUT2D eigenvalue weighted by Gasteiger charge is -2.14. The second-order valence-electron chi connectivity index (χ2n) is 4.11. The largest absolute Gasteiger partial charge is 0.496 e. The van der Waals surface area contributed by atoms with Crippen molar-refractivity contribution in [3.63, 3.8) is 0 Å². The molecule has 1 aromatic carbocycles. The van der Waals surface area contributed by atoms with Gasteiger partial charge in [0.25, 0.3) is 0 Å². The number of anilines is 1.